The summed E-state index contributed by atoms with van der Waals surface area (Å²) in [4.78, 5) is 12.7. The maximum atomic E-state index is 10.1. The van der Waals surface area contributed by atoms with Gasteiger partial charge in [-0.05, 0) is 12.8 Å². The number of aromatic nitrogens is 4. The van der Waals surface area contributed by atoms with Crippen molar-refractivity contribution in [3.05, 3.63) is 12.2 Å². The number of aliphatic hydroxyl groups excluding tert-OH is 1. The van der Waals surface area contributed by atoms with E-state index in [1.165, 1.54) is 0 Å². The van der Waals surface area contributed by atoms with E-state index in [-0.39, 0.29) is 18.2 Å². The minimum atomic E-state index is -0.474. The first-order valence-electron chi connectivity index (χ1n) is 6.77. The van der Waals surface area contributed by atoms with E-state index in [0.29, 0.717) is 29.2 Å². The average Bonchev–Trinajstić information content (AvgIpc) is 2.92. The maximum Gasteiger partial charge on any atom is 0.167 e. The van der Waals surface area contributed by atoms with E-state index in [2.05, 4.69) is 15.0 Å². The lowest BCUT2D eigenvalue weighted by molar-refractivity contribution is -0.0401. The van der Waals surface area contributed by atoms with E-state index in [0.717, 1.165) is 0 Å². The Balaban J connectivity index is 2.00. The molecule has 0 amide bonds. The van der Waals surface area contributed by atoms with Gasteiger partial charge in [-0.3, -0.25) is 4.57 Å². The van der Waals surface area contributed by atoms with E-state index in [9.17, 15) is 5.11 Å². The molecule has 1 aliphatic rings. The zero-order chi connectivity index (χ0) is 14.4. The molecule has 3 rings (SSSR count). The van der Waals surface area contributed by atoms with Crippen molar-refractivity contribution in [3.8, 4) is 0 Å². The Hall–Kier alpha value is -1.73. The number of anilines is 1. The second kappa shape index (κ2) is 4.68. The van der Waals surface area contributed by atoms with Crippen LogP contribution < -0.4 is 5.73 Å². The third-order valence-electron chi connectivity index (χ3n) is 3.66. The summed E-state index contributed by atoms with van der Waals surface area (Å²) in [5, 5.41) is 10.1. The van der Waals surface area contributed by atoms with Crippen LogP contribution in [0, 0.1) is 12.8 Å². The van der Waals surface area contributed by atoms with Crippen molar-refractivity contribution in [2.45, 2.75) is 45.6 Å². The van der Waals surface area contributed by atoms with Gasteiger partial charge in [0.05, 0.1) is 18.5 Å². The number of hydrogen-bond acceptors (Lipinski definition) is 6. The van der Waals surface area contributed by atoms with Gasteiger partial charge in [0.25, 0.3) is 0 Å². The maximum absolute atomic E-state index is 10.1. The summed E-state index contributed by atoms with van der Waals surface area (Å²) >= 11 is 0. The topological polar surface area (TPSA) is 99.1 Å². The molecule has 108 valence electrons. The third-order valence-corrected chi connectivity index (χ3v) is 3.66. The molecule has 0 radical (unpaired) electrons. The number of aryl methyl sites for hydroxylation is 1. The van der Waals surface area contributed by atoms with Crippen LogP contribution in [0.4, 0.5) is 5.82 Å². The van der Waals surface area contributed by atoms with Crippen molar-refractivity contribution in [3.63, 3.8) is 0 Å². The number of hydrogen-bond donors (Lipinski definition) is 2. The molecule has 0 aromatic carbocycles. The first-order valence-corrected chi connectivity index (χ1v) is 6.77. The van der Waals surface area contributed by atoms with Crippen molar-refractivity contribution in [2.24, 2.45) is 5.92 Å². The predicted molar refractivity (Wildman–Crippen MR) is 73.8 cm³/mol. The van der Waals surface area contributed by atoms with Crippen LogP contribution in [0.15, 0.2) is 6.33 Å². The van der Waals surface area contributed by atoms with E-state index in [4.69, 9.17) is 10.5 Å². The Morgan fingerprint density at radius 2 is 2.20 bits per heavy atom. The second-order valence-electron chi connectivity index (χ2n) is 5.58. The van der Waals surface area contributed by atoms with E-state index in [1.54, 1.807) is 13.3 Å². The van der Waals surface area contributed by atoms with Crippen LogP contribution in [-0.4, -0.2) is 36.8 Å². The van der Waals surface area contributed by atoms with Crippen molar-refractivity contribution in [2.75, 3.05) is 5.73 Å². The zero-order valence-corrected chi connectivity index (χ0v) is 11.8. The number of fused-ring (bicyclic) bond motifs is 1. The molecule has 1 fully saturated rings. The molecule has 2 aromatic rings. The lowest BCUT2D eigenvalue weighted by atomic mass is 10.0. The molecule has 7 heteroatoms. The van der Waals surface area contributed by atoms with Crippen molar-refractivity contribution >= 4 is 17.0 Å². The van der Waals surface area contributed by atoms with Gasteiger partial charge in [0.2, 0.25) is 0 Å². The van der Waals surface area contributed by atoms with Gasteiger partial charge in [-0.2, -0.15) is 0 Å². The van der Waals surface area contributed by atoms with Crippen molar-refractivity contribution < 1.29 is 9.84 Å². The normalized spacial score (nSPS) is 26.8. The van der Waals surface area contributed by atoms with E-state index < -0.39 is 6.10 Å². The predicted octanol–water partition coefficient (Wildman–Crippen LogP) is 1.02. The summed E-state index contributed by atoms with van der Waals surface area (Å²) in [6.45, 7) is 5.85. The van der Waals surface area contributed by atoms with Gasteiger partial charge in [0.15, 0.2) is 11.5 Å². The smallest absolute Gasteiger partial charge is 0.167 e. The molecule has 3 heterocycles. The van der Waals surface area contributed by atoms with Gasteiger partial charge in [-0.15, -0.1) is 0 Å². The number of aliphatic hydroxyl groups is 1. The van der Waals surface area contributed by atoms with Gasteiger partial charge in [-0.25, -0.2) is 15.0 Å². The molecule has 1 unspecified atom stereocenters. The Morgan fingerprint density at radius 1 is 1.45 bits per heavy atom. The number of nitrogens with two attached hydrogens (primary N) is 1. The quantitative estimate of drug-likeness (QED) is 0.850. The monoisotopic (exact) mass is 277 g/mol. The number of ether oxygens (including phenoxy) is 1. The summed E-state index contributed by atoms with van der Waals surface area (Å²) in [6.07, 6.45) is 1.26. The minimum absolute atomic E-state index is 0.169. The Labute approximate surface area is 116 Å². The van der Waals surface area contributed by atoms with Crippen LogP contribution in [0.2, 0.25) is 0 Å². The minimum Gasteiger partial charge on any atom is -0.390 e. The third kappa shape index (κ3) is 2.03. The largest absolute Gasteiger partial charge is 0.390 e. The molecule has 1 aliphatic heterocycles. The molecule has 0 saturated carbocycles. The number of imidazole rings is 1. The van der Waals surface area contributed by atoms with Crippen LogP contribution in [0.25, 0.3) is 11.2 Å². The first-order chi connectivity index (χ1) is 9.47. The zero-order valence-electron chi connectivity index (χ0n) is 11.8. The number of nitrogen functional groups attached to an aromatic ring is 1. The molecule has 0 bridgehead atoms. The van der Waals surface area contributed by atoms with E-state index >= 15 is 0 Å². The van der Waals surface area contributed by atoms with Crippen LogP contribution in [0.1, 0.15) is 32.3 Å². The molecule has 3 atom stereocenters. The molecule has 3 N–H and O–H groups in total. The lowest BCUT2D eigenvalue weighted by Gasteiger charge is -2.18. The molecule has 7 nitrogen and oxygen atoms in total. The van der Waals surface area contributed by atoms with Gasteiger partial charge in [0.1, 0.15) is 17.6 Å². The summed E-state index contributed by atoms with van der Waals surface area (Å²) < 4.78 is 7.76. The van der Waals surface area contributed by atoms with E-state index in [1.807, 2.05) is 18.4 Å². The average molecular weight is 277 g/mol. The summed E-state index contributed by atoms with van der Waals surface area (Å²) in [5.41, 5.74) is 7.08. The van der Waals surface area contributed by atoms with Gasteiger partial charge in [-0.1, -0.05) is 13.8 Å². The summed E-state index contributed by atoms with van der Waals surface area (Å²) in [5.74, 6) is 1.21. The fourth-order valence-corrected chi connectivity index (χ4v) is 2.71. The molecule has 1 saturated heterocycles. The molecular weight excluding hydrogens is 258 g/mol. The SMILES string of the molecule is Cc1nc(N)c2ncn([C@H]3CC(O)[C@@H](C(C)C)O3)c2n1. The number of nitrogens with zero attached hydrogens (tertiary/aromatic N) is 4. The highest BCUT2D eigenvalue weighted by Crippen LogP contribution is 2.34. The van der Waals surface area contributed by atoms with Crippen LogP contribution in [0.5, 0.6) is 0 Å². The molecular formula is C13H19N5O2. The fourth-order valence-electron chi connectivity index (χ4n) is 2.71. The van der Waals surface area contributed by atoms with Crippen LogP contribution >= 0.6 is 0 Å². The Morgan fingerprint density at radius 3 is 2.85 bits per heavy atom. The van der Waals surface area contributed by atoms with Gasteiger partial charge < -0.3 is 15.6 Å². The molecule has 2 aromatic heterocycles. The van der Waals surface area contributed by atoms with Crippen molar-refractivity contribution in [1.29, 1.82) is 0 Å². The molecule has 0 spiro atoms. The Kier molecular flexibility index (Phi) is 3.10. The first kappa shape index (κ1) is 13.3. The lowest BCUT2D eigenvalue weighted by Crippen LogP contribution is -2.26. The van der Waals surface area contributed by atoms with Crippen LogP contribution in [0.3, 0.4) is 0 Å². The van der Waals surface area contributed by atoms with Gasteiger partial charge >= 0.3 is 0 Å². The fraction of sp³-hybridized carbons (Fsp3) is 0.615. The highest BCUT2D eigenvalue weighted by molar-refractivity contribution is 5.81. The summed E-state index contributed by atoms with van der Waals surface area (Å²) in [6, 6.07) is 0. The standard InChI is InChI=1S/C13H19N5O2/c1-6(2)11-8(19)4-9(20-11)18-5-15-10-12(14)16-7(3)17-13(10)18/h5-6,8-9,11,19H,4H2,1-3H3,(H2,14,16,17)/t8?,9-,11-/m1/s1. The summed E-state index contributed by atoms with van der Waals surface area (Å²) in [7, 11) is 0. The highest BCUT2D eigenvalue weighted by atomic mass is 16.5. The molecule has 20 heavy (non-hydrogen) atoms. The Bertz CT molecular complexity index is 639. The molecule has 0 aliphatic carbocycles. The van der Waals surface area contributed by atoms with Crippen LogP contribution in [-0.2, 0) is 4.74 Å². The highest BCUT2D eigenvalue weighted by Gasteiger charge is 2.37. The second-order valence-corrected chi connectivity index (χ2v) is 5.58. The van der Waals surface area contributed by atoms with Crippen molar-refractivity contribution in [1.82, 2.24) is 19.5 Å². The van der Waals surface area contributed by atoms with Gasteiger partial charge in [0, 0.05) is 6.42 Å². The number of rotatable bonds is 2.